The predicted molar refractivity (Wildman–Crippen MR) is 87.9 cm³/mol. The van der Waals surface area contributed by atoms with Crippen LogP contribution in [0.15, 0.2) is 0 Å². The molecule has 3 amide bonds. The number of rotatable bonds is 13. The second kappa shape index (κ2) is 12.8. The average molecular weight is 330 g/mol. The van der Waals surface area contributed by atoms with Crippen LogP contribution in [0.4, 0.5) is 0 Å². The lowest BCUT2D eigenvalue weighted by Gasteiger charge is -2.16. The fourth-order valence-corrected chi connectivity index (χ4v) is 1.96. The predicted octanol–water partition coefficient (Wildman–Crippen LogP) is -2.34. The highest BCUT2D eigenvalue weighted by atomic mass is 16.2. The number of carbonyl (C=O) groups is 3. The monoisotopic (exact) mass is 330 g/mol. The second-order valence-corrected chi connectivity index (χ2v) is 5.42. The van der Waals surface area contributed by atoms with E-state index in [-0.39, 0.29) is 6.54 Å². The van der Waals surface area contributed by atoms with Gasteiger partial charge in [0, 0.05) is 0 Å². The first-order valence-electron chi connectivity index (χ1n) is 7.94. The summed E-state index contributed by atoms with van der Waals surface area (Å²) in [6.45, 7) is 0.816. The van der Waals surface area contributed by atoms with Gasteiger partial charge in [-0.2, -0.15) is 0 Å². The molecule has 0 saturated carbocycles. The first kappa shape index (κ1) is 21.3. The van der Waals surface area contributed by atoms with Gasteiger partial charge in [-0.1, -0.05) is 6.42 Å². The van der Waals surface area contributed by atoms with Crippen LogP contribution in [0.3, 0.4) is 0 Å². The minimum atomic E-state index is -0.760. The van der Waals surface area contributed by atoms with E-state index >= 15 is 0 Å². The molecule has 0 unspecified atom stereocenters. The molecular formula is C14H30N6O3. The molecule has 0 radical (unpaired) electrons. The lowest BCUT2D eigenvalue weighted by molar-refractivity contribution is -0.129. The van der Waals surface area contributed by atoms with Crippen LogP contribution in [-0.4, -0.2) is 49.4 Å². The third kappa shape index (κ3) is 10.6. The number of carbonyl (C=O) groups excluding carboxylic acids is 3. The fourth-order valence-electron chi connectivity index (χ4n) is 1.96. The van der Waals surface area contributed by atoms with E-state index in [2.05, 4.69) is 10.6 Å². The number of amides is 3. The standard InChI is InChI=1S/C14H30N6O3/c15-7-3-1-5-10(17)14(23)19-9-12(21)20-11(13(18)22)6-2-4-8-16/h10-11H,1-9,15-17H2,(H2,18,22)(H,19,23)(H,20,21)/t10-,11-/m0/s1. The van der Waals surface area contributed by atoms with Gasteiger partial charge in [0.15, 0.2) is 0 Å². The smallest absolute Gasteiger partial charge is 0.240 e. The van der Waals surface area contributed by atoms with Crippen molar-refractivity contribution in [3.8, 4) is 0 Å². The van der Waals surface area contributed by atoms with Crippen molar-refractivity contribution >= 4 is 17.7 Å². The zero-order valence-electron chi connectivity index (χ0n) is 13.6. The molecular weight excluding hydrogens is 300 g/mol. The van der Waals surface area contributed by atoms with Crippen LogP contribution in [0.2, 0.25) is 0 Å². The molecule has 0 fully saturated rings. The molecule has 0 heterocycles. The first-order valence-corrected chi connectivity index (χ1v) is 7.94. The molecule has 0 saturated heterocycles. The molecule has 0 rings (SSSR count). The third-order valence-corrected chi connectivity index (χ3v) is 3.35. The fraction of sp³-hybridized carbons (Fsp3) is 0.786. The number of hydrogen-bond acceptors (Lipinski definition) is 6. The van der Waals surface area contributed by atoms with E-state index in [0.29, 0.717) is 32.4 Å². The Balaban J connectivity index is 4.10. The molecule has 0 spiro atoms. The molecule has 10 N–H and O–H groups in total. The van der Waals surface area contributed by atoms with Gasteiger partial charge in [0.1, 0.15) is 6.04 Å². The van der Waals surface area contributed by atoms with Crippen LogP contribution in [0.5, 0.6) is 0 Å². The van der Waals surface area contributed by atoms with Gasteiger partial charge in [-0.25, -0.2) is 0 Å². The van der Waals surface area contributed by atoms with Gasteiger partial charge in [-0.05, 0) is 45.2 Å². The lowest BCUT2D eigenvalue weighted by atomic mass is 10.1. The Kier molecular flexibility index (Phi) is 11.8. The Morgan fingerprint density at radius 3 is 2.00 bits per heavy atom. The van der Waals surface area contributed by atoms with Crippen molar-refractivity contribution in [3.05, 3.63) is 0 Å². The van der Waals surface area contributed by atoms with Crippen LogP contribution < -0.4 is 33.6 Å². The number of nitrogens with two attached hydrogens (primary N) is 4. The van der Waals surface area contributed by atoms with Crippen LogP contribution in [-0.2, 0) is 14.4 Å². The van der Waals surface area contributed by atoms with Gasteiger partial charge >= 0.3 is 0 Å². The maximum atomic E-state index is 11.8. The number of primary amides is 1. The summed E-state index contributed by atoms with van der Waals surface area (Å²) in [7, 11) is 0. The van der Waals surface area contributed by atoms with Gasteiger partial charge in [-0.3, -0.25) is 14.4 Å². The van der Waals surface area contributed by atoms with E-state index in [1.54, 1.807) is 0 Å². The molecule has 0 aliphatic heterocycles. The summed E-state index contributed by atoms with van der Waals surface area (Å²) in [5.74, 6) is -1.50. The van der Waals surface area contributed by atoms with Crippen molar-refractivity contribution in [2.45, 2.75) is 50.6 Å². The van der Waals surface area contributed by atoms with Crippen molar-refractivity contribution in [1.82, 2.24) is 10.6 Å². The van der Waals surface area contributed by atoms with E-state index in [1.807, 2.05) is 0 Å². The summed E-state index contributed by atoms with van der Waals surface area (Å²) in [5, 5.41) is 4.94. The van der Waals surface area contributed by atoms with Crippen molar-refractivity contribution in [2.24, 2.45) is 22.9 Å². The molecule has 0 aliphatic rings. The number of nitrogens with one attached hydrogen (secondary N) is 2. The van der Waals surface area contributed by atoms with E-state index < -0.39 is 29.8 Å². The minimum absolute atomic E-state index is 0.246. The average Bonchev–Trinajstić information content (AvgIpc) is 2.51. The maximum absolute atomic E-state index is 11.8. The normalized spacial score (nSPS) is 13.2. The number of hydrogen-bond donors (Lipinski definition) is 6. The third-order valence-electron chi connectivity index (χ3n) is 3.35. The van der Waals surface area contributed by atoms with Crippen LogP contribution in [0.1, 0.15) is 38.5 Å². The topological polar surface area (TPSA) is 179 Å². The Morgan fingerprint density at radius 2 is 1.48 bits per heavy atom. The first-order chi connectivity index (χ1) is 10.9. The molecule has 134 valence electrons. The quantitative estimate of drug-likeness (QED) is 0.206. The van der Waals surface area contributed by atoms with E-state index in [9.17, 15) is 14.4 Å². The van der Waals surface area contributed by atoms with Crippen LogP contribution in [0.25, 0.3) is 0 Å². The molecule has 23 heavy (non-hydrogen) atoms. The molecule has 9 nitrogen and oxygen atoms in total. The van der Waals surface area contributed by atoms with Crippen molar-refractivity contribution in [2.75, 3.05) is 19.6 Å². The van der Waals surface area contributed by atoms with E-state index in [0.717, 1.165) is 19.3 Å². The van der Waals surface area contributed by atoms with Gasteiger partial charge in [0.05, 0.1) is 12.6 Å². The molecule has 0 aromatic heterocycles. The van der Waals surface area contributed by atoms with Crippen molar-refractivity contribution in [1.29, 1.82) is 0 Å². The van der Waals surface area contributed by atoms with Crippen LogP contribution in [0, 0.1) is 0 Å². The second-order valence-electron chi connectivity index (χ2n) is 5.42. The summed E-state index contributed by atoms with van der Waals surface area (Å²) in [6.07, 6.45) is 3.90. The van der Waals surface area contributed by atoms with Gasteiger partial charge in [0.25, 0.3) is 0 Å². The minimum Gasteiger partial charge on any atom is -0.368 e. The van der Waals surface area contributed by atoms with Gasteiger partial charge in [0.2, 0.25) is 17.7 Å². The zero-order valence-corrected chi connectivity index (χ0v) is 13.6. The van der Waals surface area contributed by atoms with E-state index in [1.165, 1.54) is 0 Å². The largest absolute Gasteiger partial charge is 0.368 e. The SMILES string of the molecule is NCCCC[C@H](NC(=O)CNC(=O)[C@@H](N)CCCCN)C(N)=O. The van der Waals surface area contributed by atoms with E-state index in [4.69, 9.17) is 22.9 Å². The highest BCUT2D eigenvalue weighted by Gasteiger charge is 2.19. The summed E-state index contributed by atoms with van der Waals surface area (Å²) in [6, 6.07) is -1.44. The molecule has 0 aromatic carbocycles. The molecule has 9 heteroatoms. The molecule has 2 atom stereocenters. The highest BCUT2D eigenvalue weighted by molar-refractivity contribution is 5.90. The molecule has 0 bridgehead atoms. The Labute approximate surface area is 136 Å². The molecule has 0 aromatic rings. The summed E-state index contributed by atoms with van der Waals surface area (Å²) in [4.78, 5) is 34.8. The highest BCUT2D eigenvalue weighted by Crippen LogP contribution is 2.00. The van der Waals surface area contributed by atoms with Gasteiger partial charge < -0.3 is 33.6 Å². The van der Waals surface area contributed by atoms with Crippen molar-refractivity contribution in [3.63, 3.8) is 0 Å². The Morgan fingerprint density at radius 1 is 0.913 bits per heavy atom. The summed E-state index contributed by atoms with van der Waals surface area (Å²) in [5.41, 5.74) is 21.7. The molecule has 0 aliphatic carbocycles. The Bertz CT molecular complexity index is 378. The van der Waals surface area contributed by atoms with Gasteiger partial charge in [-0.15, -0.1) is 0 Å². The van der Waals surface area contributed by atoms with Crippen LogP contribution >= 0.6 is 0 Å². The summed E-state index contributed by atoms with van der Waals surface area (Å²) >= 11 is 0. The summed E-state index contributed by atoms with van der Waals surface area (Å²) < 4.78 is 0. The lowest BCUT2D eigenvalue weighted by Crippen LogP contribution is -2.49. The maximum Gasteiger partial charge on any atom is 0.240 e. The number of unbranched alkanes of at least 4 members (excludes halogenated alkanes) is 2. The van der Waals surface area contributed by atoms with Crippen molar-refractivity contribution < 1.29 is 14.4 Å². The zero-order chi connectivity index (χ0) is 17.7. The Hall–Kier alpha value is -1.71.